The first-order valence-electron chi connectivity index (χ1n) is 11.6. The van der Waals surface area contributed by atoms with E-state index in [0.717, 1.165) is 62.0 Å². The standard InChI is InChI=1S/C27H31N3O2S/c1-29-26-11-10-24(19-23(26)9-12-27(29)31)32-17-4-2-3-15-30(21-25-8-6-18-33-25)16-13-22-7-5-14-28-20-22/h5-12,14,18-20H,2-4,13,15-17,21H2,1H3. The molecule has 6 heteroatoms. The molecule has 0 radical (unpaired) electrons. The second-order valence-corrected chi connectivity index (χ2v) is 9.36. The molecule has 1 aromatic carbocycles. The minimum atomic E-state index is 0.00438. The maximum atomic E-state index is 11.8. The van der Waals surface area contributed by atoms with Crippen molar-refractivity contribution in [2.24, 2.45) is 7.05 Å². The minimum Gasteiger partial charge on any atom is -0.494 e. The van der Waals surface area contributed by atoms with Crippen LogP contribution in [0.1, 0.15) is 29.7 Å². The van der Waals surface area contributed by atoms with Crippen LogP contribution in [-0.4, -0.2) is 34.1 Å². The van der Waals surface area contributed by atoms with Crippen LogP contribution in [-0.2, 0) is 20.0 Å². The van der Waals surface area contributed by atoms with Gasteiger partial charge in [0.25, 0.3) is 5.56 Å². The highest BCUT2D eigenvalue weighted by atomic mass is 32.1. The van der Waals surface area contributed by atoms with Gasteiger partial charge in [0.2, 0.25) is 0 Å². The third-order valence-electron chi connectivity index (χ3n) is 5.88. The van der Waals surface area contributed by atoms with Gasteiger partial charge in [0.15, 0.2) is 0 Å². The second kappa shape index (κ2) is 11.8. The molecule has 0 aliphatic heterocycles. The van der Waals surface area contributed by atoms with Gasteiger partial charge in [-0.25, -0.2) is 0 Å². The molecule has 0 bridgehead atoms. The number of pyridine rings is 2. The van der Waals surface area contributed by atoms with Gasteiger partial charge in [-0.15, -0.1) is 11.3 Å². The minimum absolute atomic E-state index is 0.00438. The van der Waals surface area contributed by atoms with Crippen molar-refractivity contribution in [2.45, 2.75) is 32.2 Å². The fraction of sp³-hybridized carbons (Fsp3) is 0.333. The van der Waals surface area contributed by atoms with Crippen LogP contribution in [0.2, 0.25) is 0 Å². The number of rotatable bonds is 12. The number of ether oxygens (including phenoxy) is 1. The number of thiophene rings is 1. The molecule has 0 aliphatic rings. The summed E-state index contributed by atoms with van der Waals surface area (Å²) in [6.45, 7) is 3.84. The molecular weight excluding hydrogens is 430 g/mol. The Bertz CT molecular complexity index is 1190. The van der Waals surface area contributed by atoms with Crippen molar-refractivity contribution in [3.8, 4) is 5.75 Å². The van der Waals surface area contributed by atoms with E-state index in [-0.39, 0.29) is 5.56 Å². The Morgan fingerprint density at radius 2 is 1.97 bits per heavy atom. The Kier molecular flexibility index (Phi) is 8.28. The summed E-state index contributed by atoms with van der Waals surface area (Å²) in [5.74, 6) is 0.858. The van der Waals surface area contributed by atoms with Crippen molar-refractivity contribution in [3.05, 3.63) is 93.2 Å². The molecule has 3 aromatic heterocycles. The lowest BCUT2D eigenvalue weighted by Gasteiger charge is -2.21. The first-order chi connectivity index (χ1) is 16.2. The fourth-order valence-electron chi connectivity index (χ4n) is 3.98. The maximum Gasteiger partial charge on any atom is 0.250 e. The van der Waals surface area contributed by atoms with Crippen molar-refractivity contribution in [3.63, 3.8) is 0 Å². The van der Waals surface area contributed by atoms with E-state index in [1.54, 1.807) is 17.7 Å². The summed E-state index contributed by atoms with van der Waals surface area (Å²) in [4.78, 5) is 20.0. The molecule has 0 unspecified atom stereocenters. The van der Waals surface area contributed by atoms with Crippen molar-refractivity contribution in [1.29, 1.82) is 0 Å². The highest BCUT2D eigenvalue weighted by Gasteiger charge is 2.08. The Morgan fingerprint density at radius 1 is 1.03 bits per heavy atom. The number of fused-ring (bicyclic) bond motifs is 1. The predicted octanol–water partition coefficient (Wildman–Crippen LogP) is 5.29. The van der Waals surface area contributed by atoms with E-state index in [4.69, 9.17) is 4.74 Å². The van der Waals surface area contributed by atoms with Crippen molar-refractivity contribution >= 4 is 22.2 Å². The maximum absolute atomic E-state index is 11.8. The van der Waals surface area contributed by atoms with E-state index in [9.17, 15) is 4.79 Å². The molecule has 4 aromatic rings. The number of aryl methyl sites for hydroxylation is 1. The van der Waals surface area contributed by atoms with Crippen LogP contribution in [0.3, 0.4) is 0 Å². The van der Waals surface area contributed by atoms with Crippen molar-refractivity contribution in [1.82, 2.24) is 14.5 Å². The Morgan fingerprint density at radius 3 is 2.79 bits per heavy atom. The SMILES string of the molecule is Cn1c(=O)ccc2cc(OCCCCCN(CCc3cccnc3)Cc3cccs3)ccc21. The monoisotopic (exact) mass is 461 g/mol. The zero-order valence-corrected chi connectivity index (χ0v) is 20.0. The van der Waals surface area contributed by atoms with Gasteiger partial charge in [0.1, 0.15) is 5.75 Å². The topological polar surface area (TPSA) is 47.4 Å². The van der Waals surface area contributed by atoms with Gasteiger partial charge in [0, 0.05) is 48.9 Å². The highest BCUT2D eigenvalue weighted by Crippen LogP contribution is 2.20. The van der Waals surface area contributed by atoms with Crippen LogP contribution < -0.4 is 10.3 Å². The number of benzene rings is 1. The molecule has 4 rings (SSSR count). The summed E-state index contributed by atoms with van der Waals surface area (Å²) in [6.07, 6.45) is 8.14. The van der Waals surface area contributed by atoms with Crippen LogP contribution in [0, 0.1) is 0 Å². The lowest BCUT2D eigenvalue weighted by atomic mass is 10.2. The second-order valence-electron chi connectivity index (χ2n) is 8.33. The summed E-state index contributed by atoms with van der Waals surface area (Å²) >= 11 is 1.83. The van der Waals surface area contributed by atoms with Crippen LogP contribution in [0.15, 0.2) is 77.2 Å². The number of nitrogens with zero attached hydrogens (tertiary/aromatic N) is 3. The van der Waals surface area contributed by atoms with E-state index < -0.39 is 0 Å². The smallest absolute Gasteiger partial charge is 0.250 e. The number of aromatic nitrogens is 2. The molecule has 33 heavy (non-hydrogen) atoms. The first-order valence-corrected chi connectivity index (χ1v) is 12.4. The molecule has 0 saturated carbocycles. The van der Waals surface area contributed by atoms with Crippen LogP contribution in [0.5, 0.6) is 5.75 Å². The van der Waals surface area contributed by atoms with Gasteiger partial charge >= 0.3 is 0 Å². The number of unbranched alkanes of at least 4 members (excludes halogenated alkanes) is 2. The third kappa shape index (κ3) is 6.76. The zero-order chi connectivity index (χ0) is 22.9. The fourth-order valence-corrected chi connectivity index (χ4v) is 4.73. The number of hydrogen-bond acceptors (Lipinski definition) is 5. The van der Waals surface area contributed by atoms with E-state index in [1.807, 2.05) is 54.1 Å². The Hall–Kier alpha value is -2.96. The average molecular weight is 462 g/mol. The summed E-state index contributed by atoms with van der Waals surface area (Å²) in [5, 5.41) is 3.17. The predicted molar refractivity (Wildman–Crippen MR) is 136 cm³/mol. The average Bonchev–Trinajstić information content (AvgIpc) is 3.36. The molecule has 0 N–H and O–H groups in total. The van der Waals surface area contributed by atoms with Crippen LogP contribution in [0.25, 0.3) is 10.9 Å². The summed E-state index contributed by atoms with van der Waals surface area (Å²) in [5.41, 5.74) is 2.22. The van der Waals surface area contributed by atoms with Gasteiger partial charge in [-0.2, -0.15) is 0 Å². The third-order valence-corrected chi connectivity index (χ3v) is 6.74. The molecule has 0 aliphatic carbocycles. The molecule has 0 atom stereocenters. The zero-order valence-electron chi connectivity index (χ0n) is 19.2. The summed E-state index contributed by atoms with van der Waals surface area (Å²) in [7, 11) is 1.80. The first kappa shape index (κ1) is 23.2. The van der Waals surface area contributed by atoms with Gasteiger partial charge in [-0.05, 0) is 79.6 Å². The molecule has 172 valence electrons. The van der Waals surface area contributed by atoms with Gasteiger partial charge in [0.05, 0.1) is 12.1 Å². The molecule has 5 nitrogen and oxygen atoms in total. The lowest BCUT2D eigenvalue weighted by Crippen LogP contribution is -2.26. The van der Waals surface area contributed by atoms with E-state index >= 15 is 0 Å². The number of hydrogen-bond donors (Lipinski definition) is 0. The van der Waals surface area contributed by atoms with Gasteiger partial charge < -0.3 is 9.30 Å². The lowest BCUT2D eigenvalue weighted by molar-refractivity contribution is 0.255. The van der Waals surface area contributed by atoms with E-state index in [1.165, 1.54) is 10.4 Å². The largest absolute Gasteiger partial charge is 0.494 e. The van der Waals surface area contributed by atoms with Crippen LogP contribution >= 0.6 is 11.3 Å². The summed E-state index contributed by atoms with van der Waals surface area (Å²) < 4.78 is 7.64. The van der Waals surface area contributed by atoms with Crippen molar-refractivity contribution in [2.75, 3.05) is 19.7 Å². The Labute approximate surface area is 199 Å². The van der Waals surface area contributed by atoms with Crippen LogP contribution in [0.4, 0.5) is 0 Å². The highest BCUT2D eigenvalue weighted by molar-refractivity contribution is 7.09. The molecule has 0 fully saturated rings. The molecule has 0 amide bonds. The summed E-state index contributed by atoms with van der Waals surface area (Å²) in [6, 6.07) is 17.9. The molecule has 0 saturated heterocycles. The van der Waals surface area contributed by atoms with Crippen molar-refractivity contribution < 1.29 is 4.74 Å². The molecule has 3 heterocycles. The van der Waals surface area contributed by atoms with E-state index in [2.05, 4.69) is 33.5 Å². The Balaban J connectivity index is 1.21. The normalized spacial score (nSPS) is 11.3. The van der Waals surface area contributed by atoms with Gasteiger partial charge in [-0.3, -0.25) is 14.7 Å². The quantitative estimate of drug-likeness (QED) is 0.269. The molecule has 0 spiro atoms. The molecular formula is C27H31N3O2S. The van der Waals surface area contributed by atoms with E-state index in [0.29, 0.717) is 6.61 Å². The van der Waals surface area contributed by atoms with Gasteiger partial charge in [-0.1, -0.05) is 12.1 Å².